The molecule has 0 aromatic rings. The van der Waals surface area contributed by atoms with Crippen LogP contribution < -0.4 is 0 Å². The Labute approximate surface area is 157 Å². The summed E-state index contributed by atoms with van der Waals surface area (Å²) in [7, 11) is 0. The molecule has 27 heavy (non-hydrogen) atoms. The average Bonchev–Trinajstić information content (AvgIpc) is 3.16. The van der Waals surface area contributed by atoms with Gasteiger partial charge in [-0.25, -0.2) is 14.6 Å². The van der Waals surface area contributed by atoms with Gasteiger partial charge in [0.05, 0.1) is 25.7 Å². The highest BCUT2D eigenvalue weighted by Gasteiger charge is 2.58. The van der Waals surface area contributed by atoms with E-state index in [2.05, 4.69) is 4.99 Å². The lowest BCUT2D eigenvalue weighted by Gasteiger charge is -2.24. The molecule has 148 valence electrons. The molecule has 8 nitrogen and oxygen atoms in total. The summed E-state index contributed by atoms with van der Waals surface area (Å²) < 4.78 is 21.5. The van der Waals surface area contributed by atoms with Crippen molar-refractivity contribution in [1.29, 1.82) is 0 Å². The van der Waals surface area contributed by atoms with Gasteiger partial charge in [0.2, 0.25) is 5.90 Å². The number of hydrogen-bond acceptors (Lipinski definition) is 8. The number of hydrogen-bond donors (Lipinski definition) is 0. The molecule has 0 aromatic heterocycles. The summed E-state index contributed by atoms with van der Waals surface area (Å²) >= 11 is 0. The molecular formula is C19H25NO7. The van der Waals surface area contributed by atoms with E-state index in [0.29, 0.717) is 0 Å². The topological polar surface area (TPSA) is 100 Å². The van der Waals surface area contributed by atoms with Gasteiger partial charge in [-0.15, -0.1) is 0 Å². The van der Waals surface area contributed by atoms with Crippen molar-refractivity contribution in [3.05, 3.63) is 11.1 Å². The summed E-state index contributed by atoms with van der Waals surface area (Å²) in [5, 5.41) is 0. The molecule has 0 N–H and O–H groups in total. The van der Waals surface area contributed by atoms with Gasteiger partial charge < -0.3 is 18.9 Å². The lowest BCUT2D eigenvalue weighted by Crippen LogP contribution is -2.35. The third-order valence-corrected chi connectivity index (χ3v) is 4.88. The largest absolute Gasteiger partial charge is 0.462 e. The highest BCUT2D eigenvalue weighted by atomic mass is 16.7. The van der Waals surface area contributed by atoms with Crippen LogP contribution in [0.5, 0.6) is 0 Å². The summed E-state index contributed by atoms with van der Waals surface area (Å²) in [6.45, 7) is 3.56. The number of carbonyl (C=O) groups is 3. The van der Waals surface area contributed by atoms with Crippen molar-refractivity contribution in [1.82, 2.24) is 0 Å². The Morgan fingerprint density at radius 3 is 2.33 bits per heavy atom. The van der Waals surface area contributed by atoms with Crippen molar-refractivity contribution in [2.45, 2.75) is 70.6 Å². The third-order valence-electron chi connectivity index (χ3n) is 4.88. The van der Waals surface area contributed by atoms with E-state index in [1.807, 2.05) is 0 Å². The van der Waals surface area contributed by atoms with Crippen LogP contribution in [0.1, 0.15) is 58.8 Å². The highest BCUT2D eigenvalue weighted by Crippen LogP contribution is 2.43. The van der Waals surface area contributed by atoms with E-state index in [1.54, 1.807) is 13.8 Å². The first kappa shape index (κ1) is 19.4. The summed E-state index contributed by atoms with van der Waals surface area (Å²) in [4.78, 5) is 41.7. The summed E-state index contributed by atoms with van der Waals surface area (Å²) in [5.41, 5.74) is -0.209. The van der Waals surface area contributed by atoms with Crippen LogP contribution in [0.15, 0.2) is 16.1 Å². The Kier molecular flexibility index (Phi) is 5.82. The smallest absolute Gasteiger partial charge is 0.344 e. The average molecular weight is 379 g/mol. The number of nitrogens with zero attached hydrogens (tertiary/aromatic N) is 1. The van der Waals surface area contributed by atoms with E-state index in [9.17, 15) is 14.4 Å². The predicted octanol–water partition coefficient (Wildman–Crippen LogP) is 2.20. The lowest BCUT2D eigenvalue weighted by atomic mass is 9.96. The second-order valence-corrected chi connectivity index (χ2v) is 6.75. The molecule has 1 unspecified atom stereocenters. The number of esters is 3. The first-order valence-corrected chi connectivity index (χ1v) is 9.58. The van der Waals surface area contributed by atoms with Gasteiger partial charge in [0.15, 0.2) is 0 Å². The van der Waals surface area contributed by atoms with E-state index in [4.69, 9.17) is 18.9 Å². The van der Waals surface area contributed by atoms with Crippen LogP contribution in [0.4, 0.5) is 0 Å². The monoisotopic (exact) mass is 379 g/mol. The maximum Gasteiger partial charge on any atom is 0.344 e. The fraction of sp³-hybridized carbons (Fsp3) is 0.684. The minimum Gasteiger partial charge on any atom is -0.462 e. The van der Waals surface area contributed by atoms with Crippen LogP contribution in [-0.2, 0) is 33.3 Å². The minimum atomic E-state index is -1.65. The molecule has 2 fully saturated rings. The predicted molar refractivity (Wildman–Crippen MR) is 93.7 cm³/mol. The molecule has 0 amide bonds. The van der Waals surface area contributed by atoms with Crippen molar-refractivity contribution >= 4 is 23.8 Å². The molecule has 0 radical (unpaired) electrons. The van der Waals surface area contributed by atoms with Crippen LogP contribution in [0.3, 0.4) is 0 Å². The Hall–Kier alpha value is -2.38. The molecule has 1 atom stereocenters. The van der Waals surface area contributed by atoms with E-state index in [-0.39, 0.29) is 49.1 Å². The molecule has 2 heterocycles. The maximum atomic E-state index is 12.7. The molecule has 3 rings (SSSR count). The SMILES string of the molecule is CCOC(=O)C1=C(C(=O)OCC)C2(CCC(=O)O2)OC1=NC1CCCCC1. The van der Waals surface area contributed by atoms with Gasteiger partial charge in [-0.1, -0.05) is 19.3 Å². The second-order valence-electron chi connectivity index (χ2n) is 6.75. The number of aliphatic imine (C=N–C) groups is 1. The molecule has 3 aliphatic rings. The summed E-state index contributed by atoms with van der Waals surface area (Å²) in [5.74, 6) is -3.63. The molecule has 1 saturated carbocycles. The Morgan fingerprint density at radius 1 is 1.07 bits per heavy atom. The normalized spacial score (nSPS) is 27.0. The zero-order valence-electron chi connectivity index (χ0n) is 15.7. The summed E-state index contributed by atoms with van der Waals surface area (Å²) in [6, 6.07) is -0.00567. The molecule has 1 spiro atoms. The van der Waals surface area contributed by atoms with Gasteiger partial charge in [-0.3, -0.25) is 4.79 Å². The number of carbonyl (C=O) groups excluding carboxylic acids is 3. The van der Waals surface area contributed by atoms with Crippen LogP contribution in [0, 0.1) is 0 Å². The zero-order valence-corrected chi connectivity index (χ0v) is 15.7. The fourth-order valence-corrected chi connectivity index (χ4v) is 3.68. The minimum absolute atomic E-state index is 0.00567. The van der Waals surface area contributed by atoms with Gasteiger partial charge in [0.1, 0.15) is 11.1 Å². The van der Waals surface area contributed by atoms with Crippen molar-refractivity contribution in [2.24, 2.45) is 4.99 Å². The maximum absolute atomic E-state index is 12.7. The Bertz CT molecular complexity index is 690. The molecule has 0 aromatic carbocycles. The quantitative estimate of drug-likeness (QED) is 0.533. The molecule has 8 heteroatoms. The number of rotatable bonds is 5. The van der Waals surface area contributed by atoms with Crippen LogP contribution >= 0.6 is 0 Å². The van der Waals surface area contributed by atoms with E-state index < -0.39 is 23.7 Å². The first-order chi connectivity index (χ1) is 13.0. The van der Waals surface area contributed by atoms with Crippen molar-refractivity contribution in [3.63, 3.8) is 0 Å². The van der Waals surface area contributed by atoms with E-state index in [0.717, 1.165) is 32.1 Å². The summed E-state index contributed by atoms with van der Waals surface area (Å²) in [6.07, 6.45) is 5.20. The molecular weight excluding hydrogens is 354 g/mol. The van der Waals surface area contributed by atoms with Crippen LogP contribution in [0.2, 0.25) is 0 Å². The zero-order chi connectivity index (χ0) is 19.4. The van der Waals surface area contributed by atoms with Gasteiger partial charge in [-0.05, 0) is 26.7 Å². The standard InChI is InChI=1S/C19H25NO7/c1-3-24-17(22)14-15(18(23)25-4-2)19(11-10-13(21)26-19)27-16(14)20-12-8-6-5-7-9-12/h12H,3-11H2,1-2H3. The van der Waals surface area contributed by atoms with Gasteiger partial charge in [0.25, 0.3) is 5.79 Å². The molecule has 1 aliphatic carbocycles. The molecule has 0 bridgehead atoms. The van der Waals surface area contributed by atoms with Crippen molar-refractivity contribution < 1.29 is 33.3 Å². The first-order valence-electron chi connectivity index (χ1n) is 9.58. The van der Waals surface area contributed by atoms with E-state index >= 15 is 0 Å². The van der Waals surface area contributed by atoms with E-state index in [1.165, 1.54) is 0 Å². The molecule has 2 aliphatic heterocycles. The second kappa shape index (κ2) is 8.10. The Balaban J connectivity index is 2.07. The number of ether oxygens (including phenoxy) is 4. The van der Waals surface area contributed by atoms with Crippen molar-refractivity contribution in [2.75, 3.05) is 13.2 Å². The van der Waals surface area contributed by atoms with Crippen molar-refractivity contribution in [3.8, 4) is 0 Å². The van der Waals surface area contributed by atoms with Gasteiger partial charge >= 0.3 is 17.9 Å². The van der Waals surface area contributed by atoms with Crippen LogP contribution in [0.25, 0.3) is 0 Å². The highest BCUT2D eigenvalue weighted by molar-refractivity contribution is 6.23. The molecule has 1 saturated heterocycles. The third kappa shape index (κ3) is 3.84. The van der Waals surface area contributed by atoms with Crippen LogP contribution in [-0.4, -0.2) is 48.8 Å². The Morgan fingerprint density at radius 2 is 1.74 bits per heavy atom. The van der Waals surface area contributed by atoms with Gasteiger partial charge in [-0.2, -0.15) is 0 Å². The van der Waals surface area contributed by atoms with Gasteiger partial charge in [0, 0.05) is 6.42 Å². The lowest BCUT2D eigenvalue weighted by molar-refractivity contribution is -0.172. The fourth-order valence-electron chi connectivity index (χ4n) is 3.68.